The average molecular weight is 458 g/mol. The molecule has 1 fully saturated rings. The van der Waals surface area contributed by atoms with Crippen molar-refractivity contribution in [3.63, 3.8) is 0 Å². The Bertz CT molecular complexity index is 1180. The van der Waals surface area contributed by atoms with Gasteiger partial charge < -0.3 is 9.84 Å². The number of benzene rings is 3. The van der Waals surface area contributed by atoms with Gasteiger partial charge in [0.1, 0.15) is 11.3 Å². The van der Waals surface area contributed by atoms with Crippen LogP contribution in [-0.4, -0.2) is 34.6 Å². The fraction of sp³-hybridized carbons (Fsp3) is 0.0400. The van der Waals surface area contributed by atoms with E-state index in [1.54, 1.807) is 72.8 Å². The molecular weight excluding hydrogens is 440 g/mol. The number of carbonyl (C=O) groups is 3. The number of amides is 2. The first-order valence-electron chi connectivity index (χ1n) is 9.95. The van der Waals surface area contributed by atoms with Crippen LogP contribution in [0.25, 0.3) is 6.08 Å². The van der Waals surface area contributed by atoms with Crippen molar-refractivity contribution >= 4 is 52.6 Å². The van der Waals surface area contributed by atoms with E-state index in [4.69, 9.17) is 22.1 Å². The summed E-state index contributed by atoms with van der Waals surface area (Å²) in [7, 11) is 0. The molecule has 0 spiro atoms. The highest BCUT2D eigenvalue weighted by molar-refractivity contribution is 7.81. The van der Waals surface area contributed by atoms with Crippen molar-refractivity contribution in [2.75, 3.05) is 16.4 Å². The number of anilines is 2. The predicted octanol–water partition coefficient (Wildman–Crippen LogP) is 3.90. The maximum Gasteiger partial charge on any atom is 0.341 e. The molecule has 2 amide bonds. The van der Waals surface area contributed by atoms with Gasteiger partial charge in [0.2, 0.25) is 0 Å². The van der Waals surface area contributed by atoms with Gasteiger partial charge in [-0.3, -0.25) is 19.4 Å². The summed E-state index contributed by atoms with van der Waals surface area (Å²) in [5.41, 5.74) is 1.60. The van der Waals surface area contributed by atoms with Gasteiger partial charge in [-0.25, -0.2) is 4.79 Å². The van der Waals surface area contributed by atoms with Crippen molar-refractivity contribution in [3.05, 3.63) is 96.1 Å². The third-order valence-corrected chi connectivity index (χ3v) is 5.20. The smallest absolute Gasteiger partial charge is 0.341 e. The van der Waals surface area contributed by atoms with Crippen LogP contribution in [0.15, 0.2) is 90.5 Å². The fourth-order valence-electron chi connectivity index (χ4n) is 3.31. The molecule has 1 aliphatic rings. The Labute approximate surface area is 195 Å². The molecule has 164 valence electrons. The number of hydrogen-bond donors (Lipinski definition) is 1. The lowest BCUT2D eigenvalue weighted by molar-refractivity contribution is -0.139. The summed E-state index contributed by atoms with van der Waals surface area (Å²) in [5, 5.41) is 8.80. The number of aliphatic carboxylic acids is 1. The zero-order chi connectivity index (χ0) is 23.4. The largest absolute Gasteiger partial charge is 0.482 e. The summed E-state index contributed by atoms with van der Waals surface area (Å²) in [6.45, 7) is -0.465. The number of thiocarbonyl (C=S) groups is 1. The van der Waals surface area contributed by atoms with Crippen LogP contribution in [0, 0.1) is 0 Å². The molecule has 0 aromatic heterocycles. The third-order valence-electron chi connectivity index (χ3n) is 4.83. The van der Waals surface area contributed by atoms with E-state index in [-0.39, 0.29) is 10.7 Å². The van der Waals surface area contributed by atoms with Gasteiger partial charge in [0.25, 0.3) is 11.8 Å². The van der Waals surface area contributed by atoms with Gasteiger partial charge >= 0.3 is 5.97 Å². The average Bonchev–Trinajstić information content (AvgIpc) is 2.83. The van der Waals surface area contributed by atoms with Gasteiger partial charge in [0, 0.05) is 0 Å². The maximum absolute atomic E-state index is 13.4. The number of nitrogens with zero attached hydrogens (tertiary/aromatic N) is 2. The van der Waals surface area contributed by atoms with Crippen molar-refractivity contribution in [2.45, 2.75) is 0 Å². The van der Waals surface area contributed by atoms with E-state index in [0.717, 1.165) is 0 Å². The minimum Gasteiger partial charge on any atom is -0.482 e. The Morgan fingerprint density at radius 2 is 1.30 bits per heavy atom. The van der Waals surface area contributed by atoms with E-state index >= 15 is 0 Å². The number of carboxylic acid groups (broad SMARTS) is 1. The number of ether oxygens (including phenoxy) is 1. The Balaban J connectivity index is 1.74. The van der Waals surface area contributed by atoms with Gasteiger partial charge in [-0.2, -0.15) is 0 Å². The molecular formula is C25H18N2O5S. The van der Waals surface area contributed by atoms with Crippen LogP contribution in [0.1, 0.15) is 5.56 Å². The van der Waals surface area contributed by atoms with Crippen LogP contribution in [-0.2, 0) is 14.4 Å². The number of rotatable bonds is 6. The molecule has 0 bridgehead atoms. The summed E-state index contributed by atoms with van der Waals surface area (Å²) in [4.78, 5) is 40.1. The van der Waals surface area contributed by atoms with Gasteiger partial charge in [-0.15, -0.1) is 0 Å². The second-order valence-electron chi connectivity index (χ2n) is 7.04. The molecule has 8 heteroatoms. The molecule has 0 aliphatic carbocycles. The highest BCUT2D eigenvalue weighted by Crippen LogP contribution is 2.29. The van der Waals surface area contributed by atoms with Crippen molar-refractivity contribution < 1.29 is 24.2 Å². The lowest BCUT2D eigenvalue weighted by Gasteiger charge is -2.36. The van der Waals surface area contributed by atoms with E-state index in [9.17, 15) is 14.4 Å². The molecule has 33 heavy (non-hydrogen) atoms. The lowest BCUT2D eigenvalue weighted by Crippen LogP contribution is -2.56. The summed E-state index contributed by atoms with van der Waals surface area (Å²) >= 11 is 5.57. The summed E-state index contributed by atoms with van der Waals surface area (Å²) in [6.07, 6.45) is 1.49. The summed E-state index contributed by atoms with van der Waals surface area (Å²) < 4.78 is 5.13. The topological polar surface area (TPSA) is 87.2 Å². The molecule has 1 saturated heterocycles. The first-order chi connectivity index (χ1) is 16.0. The van der Waals surface area contributed by atoms with Crippen LogP contribution >= 0.6 is 12.2 Å². The van der Waals surface area contributed by atoms with Gasteiger partial charge in [0.15, 0.2) is 11.7 Å². The number of para-hydroxylation sites is 2. The van der Waals surface area contributed by atoms with Gasteiger partial charge in [0.05, 0.1) is 11.4 Å². The number of hydrogen-bond acceptors (Lipinski definition) is 5. The van der Waals surface area contributed by atoms with Gasteiger partial charge in [-0.05, 0) is 60.3 Å². The highest BCUT2D eigenvalue weighted by atomic mass is 32.1. The molecule has 3 aromatic rings. The minimum absolute atomic E-state index is 0.0597. The van der Waals surface area contributed by atoms with E-state index in [1.807, 2.05) is 12.1 Å². The third kappa shape index (κ3) is 4.65. The second kappa shape index (κ2) is 9.46. The van der Waals surface area contributed by atoms with Crippen LogP contribution in [0.2, 0.25) is 0 Å². The molecule has 0 unspecified atom stereocenters. The van der Waals surface area contributed by atoms with E-state index in [2.05, 4.69) is 0 Å². The SMILES string of the molecule is O=C(O)COc1ccc(C=C2C(=O)N(c3ccccc3)C(=S)N(c3ccccc3)C2=O)cc1. The van der Waals surface area contributed by atoms with E-state index in [1.165, 1.54) is 15.9 Å². The monoisotopic (exact) mass is 458 g/mol. The number of carboxylic acids is 1. The summed E-state index contributed by atoms with van der Waals surface area (Å²) in [5.74, 6) is -1.79. The molecule has 1 N–H and O–H groups in total. The quantitative estimate of drug-likeness (QED) is 0.343. The maximum atomic E-state index is 13.4. The van der Waals surface area contributed by atoms with Crippen LogP contribution in [0.4, 0.5) is 11.4 Å². The predicted molar refractivity (Wildman–Crippen MR) is 128 cm³/mol. The molecule has 0 radical (unpaired) electrons. The Hall–Kier alpha value is -4.30. The van der Waals surface area contributed by atoms with Crippen molar-refractivity contribution in [1.82, 2.24) is 0 Å². The molecule has 7 nitrogen and oxygen atoms in total. The minimum atomic E-state index is -1.09. The first kappa shape index (κ1) is 21.9. The lowest BCUT2D eigenvalue weighted by atomic mass is 10.0. The second-order valence-corrected chi connectivity index (χ2v) is 7.41. The zero-order valence-electron chi connectivity index (χ0n) is 17.3. The normalized spacial score (nSPS) is 13.8. The molecule has 1 aliphatic heterocycles. The molecule has 0 saturated carbocycles. The Morgan fingerprint density at radius 1 is 0.818 bits per heavy atom. The summed E-state index contributed by atoms with van der Waals surface area (Å²) in [6, 6.07) is 24.2. The number of carbonyl (C=O) groups excluding carboxylic acids is 2. The standard InChI is InChI=1S/C25H18N2O5S/c28-22(29)16-32-20-13-11-17(12-14-20)15-21-23(30)26(18-7-3-1-4-8-18)25(33)27(24(21)31)19-9-5-2-6-10-19/h1-15H,16H2,(H,28,29). The van der Waals surface area contributed by atoms with E-state index < -0.39 is 24.4 Å². The Kier molecular flexibility index (Phi) is 6.28. The molecule has 3 aromatic carbocycles. The fourth-order valence-corrected chi connectivity index (χ4v) is 3.69. The van der Waals surface area contributed by atoms with Crippen LogP contribution < -0.4 is 14.5 Å². The van der Waals surface area contributed by atoms with Crippen molar-refractivity contribution in [3.8, 4) is 5.75 Å². The van der Waals surface area contributed by atoms with Crippen molar-refractivity contribution in [1.29, 1.82) is 0 Å². The Morgan fingerprint density at radius 3 is 1.76 bits per heavy atom. The molecule has 0 atom stereocenters. The van der Waals surface area contributed by atoms with Crippen LogP contribution in [0.3, 0.4) is 0 Å². The van der Waals surface area contributed by atoms with Crippen molar-refractivity contribution in [2.24, 2.45) is 0 Å². The van der Waals surface area contributed by atoms with E-state index in [0.29, 0.717) is 22.7 Å². The van der Waals surface area contributed by atoms with Gasteiger partial charge in [-0.1, -0.05) is 48.5 Å². The van der Waals surface area contributed by atoms with Crippen LogP contribution in [0.5, 0.6) is 5.75 Å². The molecule has 1 heterocycles. The first-order valence-corrected chi connectivity index (χ1v) is 10.4. The molecule has 4 rings (SSSR count). The highest BCUT2D eigenvalue weighted by Gasteiger charge is 2.41. The zero-order valence-corrected chi connectivity index (χ0v) is 18.1.